The van der Waals surface area contributed by atoms with Gasteiger partial charge in [-0.3, -0.25) is 18.2 Å². The maximum atomic E-state index is 13.1. The summed E-state index contributed by atoms with van der Waals surface area (Å²) in [5, 5.41) is 29.7. The minimum atomic E-state index is -5.38. The molecule has 0 radical (unpaired) electrons. The Morgan fingerprint density at radius 1 is 0.530 bits per heavy atom. The number of azo groups is 2. The second-order valence-corrected chi connectivity index (χ2v) is 22.1. The van der Waals surface area contributed by atoms with Gasteiger partial charge in [0.1, 0.15) is 48.9 Å². The largest absolute Gasteiger partial charge is 0.505 e. The lowest BCUT2D eigenvalue weighted by Gasteiger charge is -2.15. The van der Waals surface area contributed by atoms with E-state index in [9.17, 15) is 64.7 Å². The number of ether oxygens (including phenoxy) is 2. The molecule has 0 saturated carbocycles. The molecular weight excluding hydrogens is 1010 g/mol. The van der Waals surface area contributed by atoms with Gasteiger partial charge in [0, 0.05) is 28.6 Å². The minimum absolute atomic E-state index is 0.00428. The third kappa shape index (κ3) is 12.8. The molecule has 6 N–H and O–H groups in total. The normalized spacial score (nSPS) is 13.1. The Kier molecular flexibility index (Phi) is 15.2. The maximum Gasteiger partial charge on any atom is 0.397 e. The fourth-order valence-corrected chi connectivity index (χ4v) is 10.2. The molecule has 0 atom stereocenters. The van der Waals surface area contributed by atoms with Crippen LogP contribution >= 0.6 is 0 Å². The summed E-state index contributed by atoms with van der Waals surface area (Å²) in [5.41, 5.74) is -1.92. The molecular formula is C34H33N5O21S6. The molecule has 66 heavy (non-hydrogen) atoms. The van der Waals surface area contributed by atoms with Crippen molar-refractivity contribution in [1.29, 1.82) is 0 Å². The van der Waals surface area contributed by atoms with E-state index in [1.54, 1.807) is 30.3 Å². The molecule has 0 aliphatic heterocycles. The molecule has 26 nitrogen and oxygen atoms in total. The first-order valence-electron chi connectivity index (χ1n) is 17.6. The molecule has 0 saturated heterocycles. The molecule has 356 valence electrons. The molecule has 32 heteroatoms. The number of nitrogens with zero attached hydrogens (tertiary/aromatic N) is 4. The number of anilines is 2. The summed E-state index contributed by atoms with van der Waals surface area (Å²) in [4.78, 5) is -3.58. The van der Waals surface area contributed by atoms with Crippen LogP contribution in [-0.4, -0.2) is 113 Å². The van der Waals surface area contributed by atoms with Gasteiger partial charge in [0.2, 0.25) is 0 Å². The number of methoxy groups -OCH3 is 2. The summed E-state index contributed by atoms with van der Waals surface area (Å²) in [6.45, 7) is -2.07. The molecule has 0 spiro atoms. The number of nitrogens with one attached hydrogen (secondary N) is 1. The molecule has 5 aromatic rings. The number of sulfone groups is 2. The summed E-state index contributed by atoms with van der Waals surface area (Å²) in [7, 11) is -27.6. The van der Waals surface area contributed by atoms with Gasteiger partial charge in [0.25, 0.3) is 20.2 Å². The van der Waals surface area contributed by atoms with Crippen LogP contribution in [0.15, 0.2) is 119 Å². The Bertz CT molecular complexity index is 3460. The molecule has 0 aromatic heterocycles. The predicted octanol–water partition coefficient (Wildman–Crippen LogP) is 4.82. The summed E-state index contributed by atoms with van der Waals surface area (Å²) < 4.78 is 203. The Balaban J connectivity index is 1.68. The predicted molar refractivity (Wildman–Crippen MR) is 228 cm³/mol. The fourth-order valence-electron chi connectivity index (χ4n) is 5.67. The summed E-state index contributed by atoms with van der Waals surface area (Å²) in [5.74, 6) is -3.78. The van der Waals surface area contributed by atoms with Gasteiger partial charge in [-0.2, -0.15) is 33.7 Å². The summed E-state index contributed by atoms with van der Waals surface area (Å²) in [6, 6.07) is 15.4. The topological polar surface area (TPSA) is 404 Å². The van der Waals surface area contributed by atoms with E-state index in [1.807, 2.05) is 0 Å². The highest BCUT2D eigenvalue weighted by Gasteiger charge is 2.28. The van der Waals surface area contributed by atoms with E-state index in [0.29, 0.717) is 11.8 Å². The highest BCUT2D eigenvalue weighted by atomic mass is 32.3. The monoisotopic (exact) mass is 1040 g/mol. The van der Waals surface area contributed by atoms with E-state index in [1.165, 1.54) is 12.1 Å². The van der Waals surface area contributed by atoms with Gasteiger partial charge < -0.3 is 19.9 Å². The van der Waals surface area contributed by atoms with Crippen LogP contribution in [-0.2, 0) is 69.1 Å². The van der Waals surface area contributed by atoms with Gasteiger partial charge in [-0.25, -0.2) is 25.2 Å². The van der Waals surface area contributed by atoms with Crippen LogP contribution in [0.2, 0.25) is 0 Å². The molecule has 5 rings (SSSR count). The Morgan fingerprint density at radius 3 is 1.65 bits per heavy atom. The van der Waals surface area contributed by atoms with Crippen molar-refractivity contribution in [2.24, 2.45) is 20.5 Å². The van der Waals surface area contributed by atoms with Crippen LogP contribution < -0.4 is 14.8 Å². The molecule has 0 fully saturated rings. The van der Waals surface area contributed by atoms with Crippen molar-refractivity contribution in [2.45, 2.75) is 19.6 Å². The van der Waals surface area contributed by atoms with Crippen molar-refractivity contribution in [3.63, 3.8) is 0 Å². The van der Waals surface area contributed by atoms with Gasteiger partial charge in [0.15, 0.2) is 25.4 Å². The molecule has 5 aromatic carbocycles. The van der Waals surface area contributed by atoms with Gasteiger partial charge in [-0.15, -0.1) is 20.5 Å². The molecule has 0 aliphatic rings. The lowest BCUT2D eigenvalue weighted by atomic mass is 10.0. The van der Waals surface area contributed by atoms with Crippen molar-refractivity contribution in [3.05, 3.63) is 78.9 Å². The number of phenolic OH excluding ortho intramolecular Hbond substituents is 1. The van der Waals surface area contributed by atoms with Crippen molar-refractivity contribution >= 4 is 106 Å². The maximum absolute atomic E-state index is 13.1. The van der Waals surface area contributed by atoms with E-state index in [4.69, 9.17) is 18.6 Å². The SMILES string of the molecule is COc1cc(S(=O)(=O)CCOS(=O)(=O)O)c(OC)cc1/N=N/c1c(S(=O)(=O)O)cc2c(/N=N/c3ccc(S(=O)(=O)CCOS(=O)(=O)O)cc3S(=O)(=O)O)c(Nc3ccccc3)ccc2c1O. The zero-order chi connectivity index (χ0) is 49.0. The number of phenols is 1. The lowest BCUT2D eigenvalue weighted by Crippen LogP contribution is -2.16. The van der Waals surface area contributed by atoms with Crippen LogP contribution in [0.1, 0.15) is 0 Å². The minimum Gasteiger partial charge on any atom is -0.505 e. The van der Waals surface area contributed by atoms with Crippen molar-refractivity contribution < 1.29 is 91.7 Å². The molecule has 0 unspecified atom stereocenters. The van der Waals surface area contributed by atoms with Crippen LogP contribution in [0.5, 0.6) is 17.2 Å². The first-order valence-corrected chi connectivity index (χ1v) is 26.5. The van der Waals surface area contributed by atoms with E-state index >= 15 is 0 Å². The molecule has 0 bridgehead atoms. The van der Waals surface area contributed by atoms with Crippen LogP contribution in [0.4, 0.5) is 34.1 Å². The quantitative estimate of drug-likeness (QED) is 0.0449. The number of para-hydroxylation sites is 1. The number of hydrogen-bond donors (Lipinski definition) is 6. The number of aromatic hydroxyl groups is 1. The smallest absolute Gasteiger partial charge is 0.397 e. The van der Waals surface area contributed by atoms with Crippen LogP contribution in [0, 0.1) is 0 Å². The number of benzene rings is 5. The average molecular weight is 1040 g/mol. The Labute approximate surface area is 375 Å². The Morgan fingerprint density at radius 2 is 1.09 bits per heavy atom. The third-order valence-corrected chi connectivity index (χ3v) is 14.6. The zero-order valence-corrected chi connectivity index (χ0v) is 38.2. The van der Waals surface area contributed by atoms with Crippen molar-refractivity contribution in [1.82, 2.24) is 0 Å². The van der Waals surface area contributed by atoms with Gasteiger partial charge >= 0.3 is 20.8 Å². The number of hydrogen-bond acceptors (Lipinski definition) is 22. The van der Waals surface area contributed by atoms with E-state index < -0.39 is 128 Å². The molecule has 0 heterocycles. The summed E-state index contributed by atoms with van der Waals surface area (Å²) >= 11 is 0. The van der Waals surface area contributed by atoms with Gasteiger partial charge in [-0.1, -0.05) is 18.2 Å². The van der Waals surface area contributed by atoms with Gasteiger partial charge in [0.05, 0.1) is 49.5 Å². The standard InChI is InChI=1S/C34H33N5O21S6/c1-57-27-19-30(62(43,44)15-13-60-66(54,55)56)28(58-2)18-26(27)37-39-33-31(64(48,49)50)17-23-22(34(33)40)9-11-25(35-20-6-4-3-5-7-20)32(23)38-36-24-10-8-21(16-29(24)63(45,46)47)61(41,42)14-12-59-65(51,52)53/h3-11,16-19,35,40H,12-15H2,1-2H3,(H,45,46,47)(H,48,49,50)(H,51,52,53)(H,54,55,56)/b38-36+,39-37+. The fraction of sp³-hybridized carbons (Fsp3) is 0.176. The number of fused-ring (bicyclic) bond motifs is 1. The molecule has 0 amide bonds. The van der Waals surface area contributed by atoms with Crippen molar-refractivity contribution in [3.8, 4) is 17.2 Å². The van der Waals surface area contributed by atoms with E-state index in [0.717, 1.165) is 44.6 Å². The van der Waals surface area contributed by atoms with Gasteiger partial charge in [-0.05, 0) is 48.5 Å². The van der Waals surface area contributed by atoms with Crippen LogP contribution in [0.25, 0.3) is 10.8 Å². The second-order valence-electron chi connectivity index (χ2n) is 12.9. The second kappa shape index (κ2) is 19.6. The third-order valence-electron chi connectivity index (χ3n) is 8.59. The van der Waals surface area contributed by atoms with Crippen LogP contribution in [0.3, 0.4) is 0 Å². The highest BCUT2D eigenvalue weighted by molar-refractivity contribution is 7.92. The zero-order valence-electron chi connectivity index (χ0n) is 33.3. The first-order chi connectivity index (χ1) is 30.5. The average Bonchev–Trinajstić information content (AvgIpc) is 3.20. The van der Waals surface area contributed by atoms with Crippen molar-refractivity contribution in [2.75, 3.05) is 44.3 Å². The lowest BCUT2D eigenvalue weighted by molar-refractivity contribution is 0.282. The highest BCUT2D eigenvalue weighted by Crippen LogP contribution is 2.48. The summed E-state index contributed by atoms with van der Waals surface area (Å²) in [6.07, 6.45) is 0. The Hall–Kier alpha value is -5.78. The molecule has 0 aliphatic carbocycles. The van der Waals surface area contributed by atoms with E-state index in [-0.39, 0.29) is 33.6 Å². The number of rotatable bonds is 20. The first kappa shape index (κ1) is 51.2. The van der Waals surface area contributed by atoms with E-state index in [2.05, 4.69) is 34.1 Å².